The first-order chi connectivity index (χ1) is 8.60. The van der Waals surface area contributed by atoms with Crippen molar-refractivity contribution in [3.63, 3.8) is 0 Å². The Morgan fingerprint density at radius 1 is 1.50 bits per heavy atom. The Balaban J connectivity index is 2.13. The number of aromatic amines is 1. The molecule has 2 rings (SSSR count). The van der Waals surface area contributed by atoms with Crippen molar-refractivity contribution in [2.45, 2.75) is 24.4 Å². The molecule has 0 saturated heterocycles. The third-order valence-corrected chi connectivity index (χ3v) is 3.84. The van der Waals surface area contributed by atoms with Gasteiger partial charge in [0.1, 0.15) is 5.82 Å². The van der Waals surface area contributed by atoms with Crippen molar-refractivity contribution in [1.82, 2.24) is 14.8 Å². The third-order valence-electron chi connectivity index (χ3n) is 2.33. The van der Waals surface area contributed by atoms with E-state index in [0.29, 0.717) is 21.9 Å². The van der Waals surface area contributed by atoms with Crippen molar-refractivity contribution in [1.29, 1.82) is 0 Å². The highest BCUT2D eigenvalue weighted by Gasteiger charge is 2.08. The topological polar surface area (TPSA) is 50.7 Å². The van der Waals surface area contributed by atoms with Crippen LogP contribution in [0, 0.1) is 5.82 Å². The highest BCUT2D eigenvalue weighted by Crippen LogP contribution is 2.22. The maximum Gasteiger partial charge on any atom is 0.343 e. The van der Waals surface area contributed by atoms with Crippen molar-refractivity contribution < 1.29 is 4.39 Å². The van der Waals surface area contributed by atoms with E-state index in [1.54, 1.807) is 4.57 Å². The minimum absolute atomic E-state index is 0.222. The van der Waals surface area contributed by atoms with Gasteiger partial charge in [-0.25, -0.2) is 14.3 Å². The second-order valence-electron chi connectivity index (χ2n) is 3.62. The third kappa shape index (κ3) is 3.02. The summed E-state index contributed by atoms with van der Waals surface area (Å²) >= 11 is 4.64. The smallest absolute Gasteiger partial charge is 0.270 e. The molecule has 1 aromatic heterocycles. The molecule has 0 unspecified atom stereocenters. The molecule has 0 aliphatic heterocycles. The van der Waals surface area contributed by atoms with E-state index in [2.05, 4.69) is 26.1 Å². The number of H-pyrrole nitrogens is 1. The van der Waals surface area contributed by atoms with Crippen LogP contribution in [0.3, 0.4) is 0 Å². The number of aromatic nitrogens is 3. The Hall–Kier alpha value is -1.08. The van der Waals surface area contributed by atoms with Crippen molar-refractivity contribution in [2.75, 3.05) is 0 Å². The summed E-state index contributed by atoms with van der Waals surface area (Å²) in [7, 11) is 0. The minimum atomic E-state index is -0.283. The Morgan fingerprint density at radius 3 is 2.94 bits per heavy atom. The first-order valence-corrected chi connectivity index (χ1v) is 7.11. The highest BCUT2D eigenvalue weighted by atomic mass is 79.9. The summed E-state index contributed by atoms with van der Waals surface area (Å²) in [5.41, 5.74) is 0.616. The molecule has 0 saturated carbocycles. The van der Waals surface area contributed by atoms with Crippen LogP contribution in [0.5, 0.6) is 0 Å². The van der Waals surface area contributed by atoms with Crippen LogP contribution in [0.15, 0.2) is 32.6 Å². The molecule has 7 heteroatoms. The second-order valence-corrected chi connectivity index (χ2v) is 5.48. The van der Waals surface area contributed by atoms with Gasteiger partial charge in [0, 0.05) is 16.8 Å². The van der Waals surface area contributed by atoms with E-state index in [1.165, 1.54) is 23.9 Å². The molecule has 18 heavy (non-hydrogen) atoms. The number of nitrogens with zero attached hydrogens (tertiary/aromatic N) is 2. The van der Waals surface area contributed by atoms with E-state index in [0.717, 1.165) is 5.56 Å². The van der Waals surface area contributed by atoms with Gasteiger partial charge in [0.25, 0.3) is 0 Å². The van der Waals surface area contributed by atoms with Crippen LogP contribution in [0.2, 0.25) is 0 Å². The van der Waals surface area contributed by atoms with Gasteiger partial charge in [-0.15, -0.1) is 5.10 Å². The van der Waals surface area contributed by atoms with Crippen LogP contribution in [-0.4, -0.2) is 14.8 Å². The zero-order valence-corrected chi connectivity index (χ0v) is 12.0. The van der Waals surface area contributed by atoms with E-state index < -0.39 is 0 Å². The van der Waals surface area contributed by atoms with E-state index in [1.807, 2.05) is 13.0 Å². The Morgan fingerprint density at radius 2 is 2.28 bits per heavy atom. The summed E-state index contributed by atoms with van der Waals surface area (Å²) in [5.74, 6) is 0.274. The molecule has 1 heterocycles. The first kappa shape index (κ1) is 13.4. The fourth-order valence-electron chi connectivity index (χ4n) is 1.53. The van der Waals surface area contributed by atoms with E-state index in [-0.39, 0.29) is 11.5 Å². The number of thioether (sulfide) groups is 1. The molecule has 96 valence electrons. The lowest BCUT2D eigenvalue weighted by Gasteiger charge is -2.03. The quantitative estimate of drug-likeness (QED) is 0.876. The molecule has 0 amide bonds. The molecule has 0 aliphatic carbocycles. The molecule has 0 bridgehead atoms. The molecule has 0 spiro atoms. The predicted molar refractivity (Wildman–Crippen MR) is 72.2 cm³/mol. The monoisotopic (exact) mass is 331 g/mol. The molecular weight excluding hydrogens is 321 g/mol. The van der Waals surface area contributed by atoms with Gasteiger partial charge in [-0.1, -0.05) is 27.7 Å². The summed E-state index contributed by atoms with van der Waals surface area (Å²) in [5, 5.41) is 6.94. The number of rotatable bonds is 4. The Bertz CT molecular complexity index is 590. The summed E-state index contributed by atoms with van der Waals surface area (Å²) in [6.45, 7) is 2.43. The summed E-state index contributed by atoms with van der Waals surface area (Å²) in [6.07, 6.45) is 0. The Kier molecular flexibility index (Phi) is 4.23. The summed E-state index contributed by atoms with van der Waals surface area (Å²) in [4.78, 5) is 11.4. The van der Waals surface area contributed by atoms with Gasteiger partial charge in [0.15, 0.2) is 5.16 Å². The van der Waals surface area contributed by atoms with Crippen LogP contribution in [0.4, 0.5) is 4.39 Å². The maximum absolute atomic E-state index is 13.2. The van der Waals surface area contributed by atoms with E-state index >= 15 is 0 Å². The minimum Gasteiger partial charge on any atom is -0.270 e. The molecule has 0 aliphatic rings. The first-order valence-electron chi connectivity index (χ1n) is 5.33. The zero-order valence-electron chi connectivity index (χ0n) is 9.61. The lowest BCUT2D eigenvalue weighted by Crippen LogP contribution is -2.16. The van der Waals surface area contributed by atoms with Crippen molar-refractivity contribution in [3.05, 3.63) is 44.5 Å². The van der Waals surface area contributed by atoms with E-state index in [9.17, 15) is 9.18 Å². The van der Waals surface area contributed by atoms with Gasteiger partial charge in [-0.2, -0.15) is 0 Å². The lowest BCUT2D eigenvalue weighted by molar-refractivity contribution is 0.625. The number of hydrogen-bond donors (Lipinski definition) is 1. The van der Waals surface area contributed by atoms with Gasteiger partial charge >= 0.3 is 5.69 Å². The van der Waals surface area contributed by atoms with Gasteiger partial charge in [0.2, 0.25) is 0 Å². The fourth-order valence-corrected chi connectivity index (χ4v) is 2.99. The van der Waals surface area contributed by atoms with Gasteiger partial charge in [0.05, 0.1) is 0 Å². The molecule has 1 N–H and O–H groups in total. The largest absolute Gasteiger partial charge is 0.343 e. The molecule has 0 atom stereocenters. The van der Waals surface area contributed by atoms with Gasteiger partial charge in [-0.05, 0) is 30.7 Å². The summed E-state index contributed by atoms with van der Waals surface area (Å²) < 4.78 is 15.4. The molecule has 0 fully saturated rings. The van der Waals surface area contributed by atoms with Gasteiger partial charge in [-0.3, -0.25) is 4.57 Å². The molecule has 4 nitrogen and oxygen atoms in total. The van der Waals surface area contributed by atoms with Crippen LogP contribution < -0.4 is 5.69 Å². The SMILES string of the molecule is CCn1c(SCc2cc(F)cc(Br)c2)n[nH]c1=O. The van der Waals surface area contributed by atoms with E-state index in [4.69, 9.17) is 0 Å². The van der Waals surface area contributed by atoms with Crippen LogP contribution >= 0.6 is 27.7 Å². The number of nitrogens with one attached hydrogen (secondary N) is 1. The summed E-state index contributed by atoms with van der Waals surface area (Å²) in [6, 6.07) is 4.72. The average molecular weight is 332 g/mol. The standard InChI is InChI=1S/C11H11BrFN3OS/c1-2-16-10(17)14-15-11(16)18-6-7-3-8(12)5-9(13)4-7/h3-5H,2,6H2,1H3,(H,14,17). The molecule has 0 radical (unpaired) electrons. The maximum atomic E-state index is 13.2. The predicted octanol–water partition coefficient (Wildman–Crippen LogP) is 2.79. The van der Waals surface area contributed by atoms with Crippen molar-refractivity contribution >= 4 is 27.7 Å². The average Bonchev–Trinajstić information content (AvgIpc) is 2.66. The lowest BCUT2D eigenvalue weighted by atomic mass is 10.2. The Labute approximate surface area is 116 Å². The van der Waals surface area contributed by atoms with Crippen molar-refractivity contribution in [3.8, 4) is 0 Å². The van der Waals surface area contributed by atoms with Crippen LogP contribution in [0.25, 0.3) is 0 Å². The molecule has 1 aromatic carbocycles. The number of hydrogen-bond acceptors (Lipinski definition) is 3. The van der Waals surface area contributed by atoms with Crippen LogP contribution in [-0.2, 0) is 12.3 Å². The zero-order chi connectivity index (χ0) is 13.1. The molecular formula is C11H11BrFN3OS. The number of benzene rings is 1. The van der Waals surface area contributed by atoms with Gasteiger partial charge < -0.3 is 0 Å². The number of halogens is 2. The molecule has 2 aromatic rings. The second kappa shape index (κ2) is 5.71. The fraction of sp³-hybridized carbons (Fsp3) is 0.273. The normalized spacial score (nSPS) is 10.8. The van der Waals surface area contributed by atoms with Crippen molar-refractivity contribution in [2.24, 2.45) is 0 Å². The highest BCUT2D eigenvalue weighted by molar-refractivity contribution is 9.10. The van der Waals surface area contributed by atoms with Crippen LogP contribution in [0.1, 0.15) is 12.5 Å².